The van der Waals surface area contributed by atoms with Crippen molar-refractivity contribution in [2.45, 2.75) is 52.0 Å². The Morgan fingerprint density at radius 2 is 1.94 bits per heavy atom. The standard InChI is InChI=1S/C14H24N4/c1-4-13-16-12(15)9-14(17-13)18(3)11-7-5-10(2)6-8-11/h9-11H,4-8H2,1-3H3,(H2,15,16,17). The second-order valence-corrected chi connectivity index (χ2v) is 5.45. The molecule has 1 aromatic rings. The minimum absolute atomic E-state index is 0.577. The zero-order valence-corrected chi connectivity index (χ0v) is 11.7. The predicted octanol–water partition coefficient (Wildman–Crippen LogP) is 2.64. The van der Waals surface area contributed by atoms with E-state index in [2.05, 4.69) is 35.8 Å². The van der Waals surface area contributed by atoms with Gasteiger partial charge in [0.15, 0.2) is 0 Å². The van der Waals surface area contributed by atoms with E-state index in [1.807, 2.05) is 6.07 Å². The van der Waals surface area contributed by atoms with Crippen LogP contribution in [0.5, 0.6) is 0 Å². The van der Waals surface area contributed by atoms with Crippen LogP contribution in [0.2, 0.25) is 0 Å². The van der Waals surface area contributed by atoms with Gasteiger partial charge >= 0.3 is 0 Å². The molecule has 0 radical (unpaired) electrons. The van der Waals surface area contributed by atoms with Crippen molar-refractivity contribution in [2.24, 2.45) is 5.92 Å². The van der Waals surface area contributed by atoms with Gasteiger partial charge in [0, 0.05) is 25.6 Å². The summed E-state index contributed by atoms with van der Waals surface area (Å²) in [5, 5.41) is 0. The number of aryl methyl sites for hydroxylation is 1. The van der Waals surface area contributed by atoms with Gasteiger partial charge in [-0.15, -0.1) is 0 Å². The summed E-state index contributed by atoms with van der Waals surface area (Å²) in [5.74, 6) is 3.25. The fourth-order valence-corrected chi connectivity index (χ4v) is 2.66. The molecule has 0 atom stereocenters. The number of nitrogens with zero attached hydrogens (tertiary/aromatic N) is 3. The van der Waals surface area contributed by atoms with Crippen LogP contribution in [0.3, 0.4) is 0 Å². The molecule has 18 heavy (non-hydrogen) atoms. The number of hydrogen-bond donors (Lipinski definition) is 1. The Hall–Kier alpha value is -1.32. The second-order valence-electron chi connectivity index (χ2n) is 5.45. The van der Waals surface area contributed by atoms with E-state index in [1.165, 1.54) is 25.7 Å². The summed E-state index contributed by atoms with van der Waals surface area (Å²) in [6.45, 7) is 4.40. The molecule has 0 amide bonds. The molecule has 4 nitrogen and oxygen atoms in total. The van der Waals surface area contributed by atoms with Gasteiger partial charge in [-0.05, 0) is 31.6 Å². The molecule has 0 spiro atoms. The zero-order chi connectivity index (χ0) is 13.1. The first-order valence-electron chi connectivity index (χ1n) is 6.96. The molecule has 100 valence electrons. The SMILES string of the molecule is CCc1nc(N)cc(N(C)C2CCC(C)CC2)n1. The van der Waals surface area contributed by atoms with Gasteiger partial charge in [0.2, 0.25) is 0 Å². The lowest BCUT2D eigenvalue weighted by molar-refractivity contribution is 0.340. The van der Waals surface area contributed by atoms with Crippen LogP contribution in [0.15, 0.2) is 6.07 Å². The highest BCUT2D eigenvalue weighted by Gasteiger charge is 2.22. The normalized spacial score (nSPS) is 23.9. The number of rotatable bonds is 3. The third kappa shape index (κ3) is 2.92. The average molecular weight is 248 g/mol. The minimum Gasteiger partial charge on any atom is -0.384 e. The van der Waals surface area contributed by atoms with Crippen molar-refractivity contribution in [2.75, 3.05) is 17.7 Å². The van der Waals surface area contributed by atoms with E-state index in [9.17, 15) is 0 Å². The van der Waals surface area contributed by atoms with Gasteiger partial charge in [-0.3, -0.25) is 0 Å². The van der Waals surface area contributed by atoms with Gasteiger partial charge in [0.05, 0.1) is 0 Å². The fraction of sp³-hybridized carbons (Fsp3) is 0.714. The van der Waals surface area contributed by atoms with Crippen LogP contribution in [0, 0.1) is 5.92 Å². The van der Waals surface area contributed by atoms with Gasteiger partial charge in [0.1, 0.15) is 17.5 Å². The Morgan fingerprint density at radius 3 is 2.56 bits per heavy atom. The smallest absolute Gasteiger partial charge is 0.134 e. The monoisotopic (exact) mass is 248 g/mol. The van der Waals surface area contributed by atoms with Gasteiger partial charge in [-0.25, -0.2) is 9.97 Å². The first-order valence-corrected chi connectivity index (χ1v) is 6.96. The van der Waals surface area contributed by atoms with Crippen molar-refractivity contribution in [3.05, 3.63) is 11.9 Å². The highest BCUT2D eigenvalue weighted by molar-refractivity contribution is 5.47. The van der Waals surface area contributed by atoms with E-state index < -0.39 is 0 Å². The highest BCUT2D eigenvalue weighted by atomic mass is 15.2. The number of nitrogens with two attached hydrogens (primary N) is 1. The highest BCUT2D eigenvalue weighted by Crippen LogP contribution is 2.29. The van der Waals surface area contributed by atoms with Crippen molar-refractivity contribution in [3.8, 4) is 0 Å². The summed E-state index contributed by atoms with van der Waals surface area (Å²) >= 11 is 0. The Balaban J connectivity index is 2.12. The Labute approximate surface area is 110 Å². The predicted molar refractivity (Wildman–Crippen MR) is 75.6 cm³/mol. The molecular formula is C14H24N4. The van der Waals surface area contributed by atoms with Crippen LogP contribution < -0.4 is 10.6 Å². The van der Waals surface area contributed by atoms with Crippen molar-refractivity contribution in [1.82, 2.24) is 9.97 Å². The molecule has 1 aliphatic rings. The van der Waals surface area contributed by atoms with Gasteiger partial charge < -0.3 is 10.6 Å². The number of aromatic nitrogens is 2. The molecule has 4 heteroatoms. The Morgan fingerprint density at radius 1 is 1.28 bits per heavy atom. The molecule has 0 aromatic carbocycles. The lowest BCUT2D eigenvalue weighted by Crippen LogP contribution is -2.35. The third-order valence-electron chi connectivity index (χ3n) is 3.99. The third-order valence-corrected chi connectivity index (χ3v) is 3.99. The van der Waals surface area contributed by atoms with Crippen LogP contribution in [0.4, 0.5) is 11.6 Å². The van der Waals surface area contributed by atoms with E-state index in [0.29, 0.717) is 11.9 Å². The minimum atomic E-state index is 0.577. The largest absolute Gasteiger partial charge is 0.384 e. The maximum atomic E-state index is 5.85. The molecule has 0 aliphatic heterocycles. The van der Waals surface area contributed by atoms with Gasteiger partial charge in [-0.1, -0.05) is 13.8 Å². The van der Waals surface area contributed by atoms with Crippen LogP contribution in [-0.4, -0.2) is 23.1 Å². The quantitative estimate of drug-likeness (QED) is 0.893. The van der Waals surface area contributed by atoms with Crippen LogP contribution >= 0.6 is 0 Å². The maximum absolute atomic E-state index is 5.85. The fourth-order valence-electron chi connectivity index (χ4n) is 2.66. The molecule has 1 aromatic heterocycles. The van der Waals surface area contributed by atoms with Crippen molar-refractivity contribution >= 4 is 11.6 Å². The van der Waals surface area contributed by atoms with Crippen molar-refractivity contribution in [1.29, 1.82) is 0 Å². The summed E-state index contributed by atoms with van der Waals surface area (Å²) in [5.41, 5.74) is 5.85. The van der Waals surface area contributed by atoms with E-state index in [0.717, 1.165) is 24.0 Å². The molecule has 1 aliphatic carbocycles. The number of nitrogen functional groups attached to an aromatic ring is 1. The molecule has 0 bridgehead atoms. The van der Waals surface area contributed by atoms with Gasteiger partial charge in [-0.2, -0.15) is 0 Å². The van der Waals surface area contributed by atoms with E-state index >= 15 is 0 Å². The van der Waals surface area contributed by atoms with Crippen molar-refractivity contribution in [3.63, 3.8) is 0 Å². The summed E-state index contributed by atoms with van der Waals surface area (Å²) in [6, 6.07) is 2.48. The molecule has 0 saturated heterocycles. The molecule has 1 fully saturated rings. The molecule has 1 heterocycles. The Bertz CT molecular complexity index is 397. The molecule has 0 unspecified atom stereocenters. The summed E-state index contributed by atoms with van der Waals surface area (Å²) in [6.07, 6.45) is 5.96. The van der Waals surface area contributed by atoms with Gasteiger partial charge in [0.25, 0.3) is 0 Å². The molecule has 1 saturated carbocycles. The molecular weight excluding hydrogens is 224 g/mol. The first-order chi connectivity index (χ1) is 8.60. The van der Waals surface area contributed by atoms with Crippen LogP contribution in [-0.2, 0) is 6.42 Å². The van der Waals surface area contributed by atoms with Crippen LogP contribution in [0.1, 0.15) is 45.4 Å². The zero-order valence-electron chi connectivity index (χ0n) is 11.7. The lowest BCUT2D eigenvalue weighted by atomic mass is 9.87. The number of anilines is 2. The van der Waals surface area contributed by atoms with Crippen molar-refractivity contribution < 1.29 is 0 Å². The van der Waals surface area contributed by atoms with Crippen LogP contribution in [0.25, 0.3) is 0 Å². The topological polar surface area (TPSA) is 55.0 Å². The van der Waals surface area contributed by atoms with E-state index in [1.54, 1.807) is 0 Å². The molecule has 2 rings (SSSR count). The molecule has 2 N–H and O–H groups in total. The van der Waals surface area contributed by atoms with E-state index in [-0.39, 0.29) is 0 Å². The number of hydrogen-bond acceptors (Lipinski definition) is 4. The Kier molecular flexibility index (Phi) is 4.04. The van der Waals surface area contributed by atoms with E-state index in [4.69, 9.17) is 5.73 Å². The summed E-state index contributed by atoms with van der Waals surface area (Å²) < 4.78 is 0. The maximum Gasteiger partial charge on any atom is 0.134 e. The first kappa shape index (κ1) is 13.1. The summed E-state index contributed by atoms with van der Waals surface area (Å²) in [4.78, 5) is 11.1. The summed E-state index contributed by atoms with van der Waals surface area (Å²) in [7, 11) is 2.13. The lowest BCUT2D eigenvalue weighted by Gasteiger charge is -2.34. The second kappa shape index (κ2) is 5.55. The average Bonchev–Trinajstić information content (AvgIpc) is 2.38.